The van der Waals surface area contributed by atoms with Crippen LogP contribution in [-0.2, 0) is 6.42 Å². The van der Waals surface area contributed by atoms with E-state index in [9.17, 15) is 4.79 Å². The first-order valence-electron chi connectivity index (χ1n) is 6.20. The lowest BCUT2D eigenvalue weighted by Gasteiger charge is -2.10. The summed E-state index contributed by atoms with van der Waals surface area (Å²) in [6.07, 6.45) is 0.545. The molecule has 6 heteroatoms. The van der Waals surface area contributed by atoms with Gasteiger partial charge in [0.15, 0.2) is 0 Å². The predicted octanol–water partition coefficient (Wildman–Crippen LogP) is 0.955. The summed E-state index contributed by atoms with van der Waals surface area (Å²) in [5.74, 6) is 1.71. The van der Waals surface area contributed by atoms with Gasteiger partial charge in [-0.3, -0.25) is 4.79 Å². The summed E-state index contributed by atoms with van der Waals surface area (Å²) in [7, 11) is 3.14. The van der Waals surface area contributed by atoms with Crippen LogP contribution in [-0.4, -0.2) is 30.7 Å². The standard InChI is InChI=1S/C14H17N3O3/c1-19-10-3-4-12(20-2)11(8-10)14-16-9(5-6-15)7-13(18)17-14/h3-4,7-8H,5-6,15H2,1-2H3,(H,16,17,18). The highest BCUT2D eigenvalue weighted by molar-refractivity contribution is 5.66. The molecule has 3 N–H and O–H groups in total. The minimum Gasteiger partial charge on any atom is -0.497 e. The Kier molecular flexibility index (Phi) is 4.37. The molecule has 0 radical (unpaired) electrons. The first-order valence-corrected chi connectivity index (χ1v) is 6.20. The van der Waals surface area contributed by atoms with Crippen LogP contribution in [0.5, 0.6) is 11.5 Å². The zero-order chi connectivity index (χ0) is 14.5. The van der Waals surface area contributed by atoms with Gasteiger partial charge in [-0.05, 0) is 24.7 Å². The Bertz CT molecular complexity index is 652. The summed E-state index contributed by atoms with van der Waals surface area (Å²) in [6, 6.07) is 6.76. The molecule has 0 aliphatic heterocycles. The van der Waals surface area contributed by atoms with E-state index in [2.05, 4.69) is 9.97 Å². The summed E-state index contributed by atoms with van der Waals surface area (Å²) in [4.78, 5) is 18.8. The van der Waals surface area contributed by atoms with Gasteiger partial charge in [0.2, 0.25) is 0 Å². The molecule has 2 aromatic rings. The molecule has 0 saturated heterocycles. The fourth-order valence-corrected chi connectivity index (χ4v) is 1.91. The molecule has 2 rings (SSSR count). The number of benzene rings is 1. The zero-order valence-corrected chi connectivity index (χ0v) is 11.5. The van der Waals surface area contributed by atoms with Crippen LogP contribution in [0.3, 0.4) is 0 Å². The van der Waals surface area contributed by atoms with Crippen LogP contribution in [0.25, 0.3) is 11.4 Å². The smallest absolute Gasteiger partial charge is 0.251 e. The summed E-state index contributed by atoms with van der Waals surface area (Å²) in [5, 5.41) is 0. The highest BCUT2D eigenvalue weighted by Gasteiger charge is 2.11. The highest BCUT2D eigenvalue weighted by Crippen LogP contribution is 2.30. The van der Waals surface area contributed by atoms with Crippen LogP contribution in [0, 0.1) is 0 Å². The molecule has 0 bridgehead atoms. The Morgan fingerprint density at radius 2 is 2.05 bits per heavy atom. The van der Waals surface area contributed by atoms with Crippen molar-refractivity contribution in [3.8, 4) is 22.9 Å². The van der Waals surface area contributed by atoms with Crippen molar-refractivity contribution >= 4 is 0 Å². The van der Waals surface area contributed by atoms with Crippen molar-refractivity contribution in [2.45, 2.75) is 6.42 Å². The van der Waals surface area contributed by atoms with Crippen molar-refractivity contribution in [3.63, 3.8) is 0 Å². The van der Waals surface area contributed by atoms with Gasteiger partial charge in [-0.1, -0.05) is 0 Å². The van der Waals surface area contributed by atoms with Crippen molar-refractivity contribution in [2.75, 3.05) is 20.8 Å². The number of methoxy groups -OCH3 is 2. The lowest BCUT2D eigenvalue weighted by Crippen LogP contribution is -2.13. The minimum absolute atomic E-state index is 0.219. The number of H-pyrrole nitrogens is 1. The molecule has 1 aromatic carbocycles. The molecule has 6 nitrogen and oxygen atoms in total. The predicted molar refractivity (Wildman–Crippen MR) is 76.2 cm³/mol. The number of ether oxygens (including phenoxy) is 2. The Morgan fingerprint density at radius 3 is 2.70 bits per heavy atom. The van der Waals surface area contributed by atoms with Gasteiger partial charge in [0.25, 0.3) is 5.56 Å². The molecular weight excluding hydrogens is 258 g/mol. The van der Waals surface area contributed by atoms with Crippen LogP contribution in [0.1, 0.15) is 5.69 Å². The summed E-state index contributed by atoms with van der Waals surface area (Å²) >= 11 is 0. The Labute approximate surface area is 116 Å². The van der Waals surface area contributed by atoms with Gasteiger partial charge in [-0.25, -0.2) is 4.98 Å². The maximum absolute atomic E-state index is 11.7. The first kappa shape index (κ1) is 14.1. The van der Waals surface area contributed by atoms with Gasteiger partial charge >= 0.3 is 0 Å². The number of rotatable bonds is 5. The topological polar surface area (TPSA) is 90.2 Å². The Morgan fingerprint density at radius 1 is 1.25 bits per heavy atom. The average Bonchev–Trinajstić information content (AvgIpc) is 2.46. The van der Waals surface area contributed by atoms with E-state index in [-0.39, 0.29) is 5.56 Å². The lowest BCUT2D eigenvalue weighted by atomic mass is 10.1. The second-order valence-electron chi connectivity index (χ2n) is 4.19. The number of hydrogen-bond donors (Lipinski definition) is 2. The van der Waals surface area contributed by atoms with E-state index in [0.29, 0.717) is 41.5 Å². The maximum atomic E-state index is 11.7. The second-order valence-corrected chi connectivity index (χ2v) is 4.19. The zero-order valence-electron chi connectivity index (χ0n) is 11.5. The van der Waals surface area contributed by atoms with Crippen molar-refractivity contribution in [2.24, 2.45) is 5.73 Å². The van der Waals surface area contributed by atoms with Crippen LogP contribution in [0.15, 0.2) is 29.1 Å². The largest absolute Gasteiger partial charge is 0.497 e. The minimum atomic E-state index is -0.219. The molecule has 0 spiro atoms. The summed E-state index contributed by atoms with van der Waals surface area (Å²) < 4.78 is 10.5. The average molecular weight is 275 g/mol. The molecule has 0 aliphatic rings. The number of aromatic amines is 1. The van der Waals surface area contributed by atoms with E-state index in [0.717, 1.165) is 0 Å². The second kappa shape index (κ2) is 6.21. The van der Waals surface area contributed by atoms with Gasteiger partial charge in [0.05, 0.1) is 19.8 Å². The fourth-order valence-electron chi connectivity index (χ4n) is 1.91. The molecular formula is C14H17N3O3. The fraction of sp³-hybridized carbons (Fsp3) is 0.286. The monoisotopic (exact) mass is 275 g/mol. The molecule has 0 saturated carbocycles. The summed E-state index contributed by atoms with van der Waals surface area (Å²) in [5.41, 5.74) is 6.60. The van der Waals surface area contributed by atoms with E-state index in [4.69, 9.17) is 15.2 Å². The van der Waals surface area contributed by atoms with Crippen molar-refractivity contribution in [1.82, 2.24) is 9.97 Å². The van der Waals surface area contributed by atoms with E-state index in [1.165, 1.54) is 6.07 Å². The lowest BCUT2D eigenvalue weighted by molar-refractivity contribution is 0.404. The van der Waals surface area contributed by atoms with E-state index < -0.39 is 0 Å². The maximum Gasteiger partial charge on any atom is 0.251 e. The third-order valence-electron chi connectivity index (χ3n) is 2.86. The number of nitrogens with two attached hydrogens (primary N) is 1. The summed E-state index contributed by atoms with van der Waals surface area (Å²) in [6.45, 7) is 0.436. The Hall–Kier alpha value is -2.34. The Balaban J connectivity index is 2.57. The van der Waals surface area contributed by atoms with Crippen molar-refractivity contribution < 1.29 is 9.47 Å². The number of nitrogens with one attached hydrogen (secondary N) is 1. The van der Waals surface area contributed by atoms with Crippen molar-refractivity contribution in [3.05, 3.63) is 40.3 Å². The van der Waals surface area contributed by atoms with Gasteiger partial charge in [0, 0.05) is 18.2 Å². The highest BCUT2D eigenvalue weighted by atomic mass is 16.5. The van der Waals surface area contributed by atoms with Gasteiger partial charge in [0.1, 0.15) is 17.3 Å². The SMILES string of the molecule is COc1ccc(OC)c(-c2nc(CCN)cc(=O)[nH]2)c1. The van der Waals surface area contributed by atoms with Crippen molar-refractivity contribution in [1.29, 1.82) is 0 Å². The molecule has 0 fully saturated rings. The molecule has 20 heavy (non-hydrogen) atoms. The molecule has 1 heterocycles. The van der Waals surface area contributed by atoms with Gasteiger partial charge < -0.3 is 20.2 Å². The molecule has 0 aliphatic carbocycles. The van der Waals surface area contributed by atoms with E-state index in [1.54, 1.807) is 32.4 Å². The van der Waals surface area contributed by atoms with Crippen LogP contribution >= 0.6 is 0 Å². The molecule has 106 valence electrons. The van der Waals surface area contributed by atoms with E-state index >= 15 is 0 Å². The van der Waals surface area contributed by atoms with Gasteiger partial charge in [-0.2, -0.15) is 0 Å². The number of nitrogens with zero attached hydrogens (tertiary/aromatic N) is 1. The van der Waals surface area contributed by atoms with Crippen LogP contribution < -0.4 is 20.8 Å². The molecule has 0 unspecified atom stereocenters. The third kappa shape index (κ3) is 2.97. The number of aromatic nitrogens is 2. The number of hydrogen-bond acceptors (Lipinski definition) is 5. The van der Waals surface area contributed by atoms with Gasteiger partial charge in [-0.15, -0.1) is 0 Å². The molecule has 0 amide bonds. The normalized spacial score (nSPS) is 10.3. The quantitative estimate of drug-likeness (QED) is 0.848. The van der Waals surface area contributed by atoms with Crippen LogP contribution in [0.2, 0.25) is 0 Å². The van der Waals surface area contributed by atoms with Crippen LogP contribution in [0.4, 0.5) is 0 Å². The first-order chi connectivity index (χ1) is 9.67. The van der Waals surface area contributed by atoms with E-state index in [1.807, 2.05) is 0 Å². The molecule has 1 aromatic heterocycles. The third-order valence-corrected chi connectivity index (χ3v) is 2.86. The molecule has 0 atom stereocenters.